The van der Waals surface area contributed by atoms with E-state index in [1.165, 1.54) is 12.8 Å². The summed E-state index contributed by atoms with van der Waals surface area (Å²) in [7, 11) is 0. The lowest BCUT2D eigenvalue weighted by Gasteiger charge is -2.59. The van der Waals surface area contributed by atoms with E-state index in [1.54, 1.807) is 49.7 Å². The van der Waals surface area contributed by atoms with Crippen LogP contribution in [-0.4, -0.2) is 0 Å². The molecule has 1 aromatic carbocycles. The van der Waals surface area contributed by atoms with E-state index in [1.807, 2.05) is 0 Å². The molecule has 1 unspecified atom stereocenters. The van der Waals surface area contributed by atoms with Crippen LogP contribution in [0.4, 0.5) is 0 Å². The molecule has 0 heteroatoms. The average molecular weight is 252 g/mol. The summed E-state index contributed by atoms with van der Waals surface area (Å²) in [5.41, 5.74) is 4.13. The van der Waals surface area contributed by atoms with Crippen LogP contribution in [0.5, 0.6) is 0 Å². The zero-order chi connectivity index (χ0) is 12.4. The van der Waals surface area contributed by atoms with Gasteiger partial charge in [0.15, 0.2) is 0 Å². The standard InChI is InChI=1S/C19H24/c1-2-4-17-16(3-1)5-6-18(17)19-10-13-7-14(11-19)9-15(8-13)12-19/h1-4,13-15,18H,5-12H2. The van der Waals surface area contributed by atoms with Crippen molar-refractivity contribution in [3.05, 3.63) is 35.4 Å². The molecule has 4 saturated carbocycles. The number of hydrogen-bond donors (Lipinski definition) is 0. The molecule has 1 aromatic rings. The van der Waals surface area contributed by atoms with Gasteiger partial charge >= 0.3 is 0 Å². The molecular formula is C19H24. The second-order valence-electron chi connectivity index (χ2n) is 8.07. The number of hydrogen-bond acceptors (Lipinski definition) is 0. The summed E-state index contributed by atoms with van der Waals surface area (Å²) < 4.78 is 0. The van der Waals surface area contributed by atoms with Crippen molar-refractivity contribution in [3.63, 3.8) is 0 Å². The van der Waals surface area contributed by atoms with E-state index in [-0.39, 0.29) is 0 Å². The smallest absolute Gasteiger partial charge is 0.00991 e. The molecule has 0 radical (unpaired) electrons. The zero-order valence-corrected chi connectivity index (χ0v) is 11.8. The highest BCUT2D eigenvalue weighted by molar-refractivity contribution is 5.37. The lowest BCUT2D eigenvalue weighted by atomic mass is 9.46. The molecule has 0 aromatic heterocycles. The Labute approximate surface area is 116 Å². The molecule has 5 aliphatic carbocycles. The van der Waals surface area contributed by atoms with Crippen molar-refractivity contribution in [3.8, 4) is 0 Å². The molecule has 0 heterocycles. The van der Waals surface area contributed by atoms with Gasteiger partial charge in [0.2, 0.25) is 0 Å². The molecule has 19 heavy (non-hydrogen) atoms. The van der Waals surface area contributed by atoms with Gasteiger partial charge in [0.05, 0.1) is 0 Å². The summed E-state index contributed by atoms with van der Waals surface area (Å²) in [4.78, 5) is 0. The van der Waals surface area contributed by atoms with E-state index in [4.69, 9.17) is 0 Å². The predicted octanol–water partition coefficient (Wildman–Crippen LogP) is 4.93. The number of rotatable bonds is 1. The van der Waals surface area contributed by atoms with Crippen molar-refractivity contribution in [2.24, 2.45) is 23.2 Å². The van der Waals surface area contributed by atoms with Crippen LogP contribution >= 0.6 is 0 Å². The molecule has 0 saturated heterocycles. The Morgan fingerprint density at radius 2 is 1.47 bits per heavy atom. The van der Waals surface area contributed by atoms with Crippen LogP contribution in [0.15, 0.2) is 24.3 Å². The van der Waals surface area contributed by atoms with Gasteiger partial charge in [0.1, 0.15) is 0 Å². The molecule has 0 nitrogen and oxygen atoms in total. The Morgan fingerprint density at radius 1 is 0.842 bits per heavy atom. The maximum Gasteiger partial charge on any atom is -0.00991 e. The quantitative estimate of drug-likeness (QED) is 0.664. The van der Waals surface area contributed by atoms with E-state index in [0.29, 0.717) is 0 Å². The van der Waals surface area contributed by atoms with Crippen LogP contribution in [0.1, 0.15) is 62.0 Å². The molecule has 0 spiro atoms. The second kappa shape index (κ2) is 3.65. The summed E-state index contributed by atoms with van der Waals surface area (Å²) in [6, 6.07) is 9.35. The molecular weight excluding hydrogens is 228 g/mol. The highest BCUT2D eigenvalue weighted by Crippen LogP contribution is 2.66. The van der Waals surface area contributed by atoms with Crippen molar-refractivity contribution in [1.82, 2.24) is 0 Å². The zero-order valence-electron chi connectivity index (χ0n) is 11.8. The summed E-state index contributed by atoms with van der Waals surface area (Å²) >= 11 is 0. The highest BCUT2D eigenvalue weighted by Gasteiger charge is 2.55. The van der Waals surface area contributed by atoms with Crippen LogP contribution < -0.4 is 0 Å². The average Bonchev–Trinajstić information content (AvgIpc) is 2.81. The predicted molar refractivity (Wildman–Crippen MR) is 78.1 cm³/mol. The Hall–Kier alpha value is -0.780. The molecule has 4 bridgehead atoms. The van der Waals surface area contributed by atoms with Gasteiger partial charge in [-0.1, -0.05) is 24.3 Å². The van der Waals surface area contributed by atoms with Crippen molar-refractivity contribution in [2.45, 2.75) is 57.3 Å². The lowest BCUT2D eigenvalue weighted by Crippen LogP contribution is -2.48. The van der Waals surface area contributed by atoms with Gasteiger partial charge in [-0.3, -0.25) is 0 Å². The van der Waals surface area contributed by atoms with Gasteiger partial charge in [-0.15, -0.1) is 0 Å². The number of fused-ring (bicyclic) bond motifs is 1. The first-order valence-corrected chi connectivity index (χ1v) is 8.40. The van der Waals surface area contributed by atoms with Crippen LogP contribution in [0, 0.1) is 23.2 Å². The van der Waals surface area contributed by atoms with Gasteiger partial charge in [-0.25, -0.2) is 0 Å². The summed E-state index contributed by atoms with van der Waals surface area (Å²) in [5, 5.41) is 0. The molecule has 0 amide bonds. The lowest BCUT2D eigenvalue weighted by molar-refractivity contribution is -0.0683. The first-order chi connectivity index (χ1) is 9.32. The summed E-state index contributed by atoms with van der Waals surface area (Å²) in [5.74, 6) is 4.20. The summed E-state index contributed by atoms with van der Waals surface area (Å²) in [6.45, 7) is 0. The van der Waals surface area contributed by atoms with Crippen LogP contribution in [0.25, 0.3) is 0 Å². The van der Waals surface area contributed by atoms with Crippen molar-refractivity contribution in [2.75, 3.05) is 0 Å². The molecule has 6 rings (SSSR count). The summed E-state index contributed by atoms with van der Waals surface area (Å²) in [6.07, 6.45) is 12.2. The highest BCUT2D eigenvalue weighted by atomic mass is 14.6. The fourth-order valence-electron chi connectivity index (χ4n) is 6.80. The Bertz CT molecular complexity index is 477. The van der Waals surface area contributed by atoms with Gasteiger partial charge in [0, 0.05) is 0 Å². The molecule has 0 N–H and O–H groups in total. The largest absolute Gasteiger partial charge is 0.0620 e. The minimum atomic E-state index is 0.724. The van der Waals surface area contributed by atoms with Crippen LogP contribution in [0.3, 0.4) is 0 Å². The Balaban J connectivity index is 1.57. The monoisotopic (exact) mass is 252 g/mol. The Morgan fingerprint density at radius 3 is 2.16 bits per heavy atom. The fraction of sp³-hybridized carbons (Fsp3) is 0.684. The topological polar surface area (TPSA) is 0 Å². The fourth-order valence-corrected chi connectivity index (χ4v) is 6.80. The van der Waals surface area contributed by atoms with Gasteiger partial charge < -0.3 is 0 Å². The van der Waals surface area contributed by atoms with E-state index < -0.39 is 0 Å². The Kier molecular flexibility index (Phi) is 2.10. The maximum absolute atomic E-state index is 2.45. The number of benzene rings is 1. The normalized spacial score (nSPS) is 46.5. The first kappa shape index (κ1) is 10.9. The van der Waals surface area contributed by atoms with Crippen molar-refractivity contribution < 1.29 is 0 Å². The van der Waals surface area contributed by atoms with Crippen LogP contribution in [0.2, 0.25) is 0 Å². The van der Waals surface area contributed by atoms with E-state index >= 15 is 0 Å². The third-order valence-corrected chi connectivity index (χ3v) is 6.96. The molecule has 5 aliphatic rings. The third kappa shape index (κ3) is 1.46. The molecule has 4 fully saturated rings. The van der Waals surface area contributed by atoms with Crippen molar-refractivity contribution in [1.29, 1.82) is 0 Å². The van der Waals surface area contributed by atoms with Gasteiger partial charge in [-0.05, 0) is 91.6 Å². The molecule has 0 aliphatic heterocycles. The van der Waals surface area contributed by atoms with Gasteiger partial charge in [0.25, 0.3) is 0 Å². The second-order valence-corrected chi connectivity index (χ2v) is 8.07. The maximum atomic E-state index is 2.45. The van der Waals surface area contributed by atoms with Crippen LogP contribution in [-0.2, 0) is 6.42 Å². The first-order valence-electron chi connectivity index (χ1n) is 8.40. The SMILES string of the molecule is c1ccc2c(c1)CCC2C12CC3CC(CC(C3)C1)C2. The van der Waals surface area contributed by atoms with Gasteiger partial charge in [-0.2, -0.15) is 0 Å². The van der Waals surface area contributed by atoms with E-state index in [9.17, 15) is 0 Å². The molecule has 100 valence electrons. The van der Waals surface area contributed by atoms with E-state index in [2.05, 4.69) is 24.3 Å². The minimum Gasteiger partial charge on any atom is -0.0620 e. The number of aryl methyl sites for hydroxylation is 1. The van der Waals surface area contributed by atoms with E-state index in [0.717, 1.165) is 29.1 Å². The van der Waals surface area contributed by atoms with Crippen molar-refractivity contribution >= 4 is 0 Å². The molecule has 1 atom stereocenters. The third-order valence-electron chi connectivity index (χ3n) is 6.96. The minimum absolute atomic E-state index is 0.724.